The van der Waals surface area contributed by atoms with E-state index in [1.807, 2.05) is 0 Å². The van der Waals surface area contributed by atoms with Crippen LogP contribution in [0.15, 0.2) is 65.6 Å². The van der Waals surface area contributed by atoms with Gasteiger partial charge in [0.15, 0.2) is 0 Å². The lowest BCUT2D eigenvalue weighted by Crippen LogP contribution is -2.31. The highest BCUT2D eigenvalue weighted by molar-refractivity contribution is 8.00. The molecule has 2 aromatic rings. The number of anilines is 2. The van der Waals surface area contributed by atoms with Crippen LogP contribution in [0.4, 0.5) is 11.4 Å². The second-order valence-corrected chi connectivity index (χ2v) is 7.54. The Kier molecular flexibility index (Phi) is 6.53. The quantitative estimate of drug-likeness (QED) is 0.517. The van der Waals surface area contributed by atoms with Crippen LogP contribution in [0.2, 0.25) is 0 Å². The first-order valence-electron chi connectivity index (χ1n) is 8.87. The van der Waals surface area contributed by atoms with E-state index in [-0.39, 0.29) is 18.2 Å². The number of carboxylic acid groups (broad SMARTS) is 1. The summed E-state index contributed by atoms with van der Waals surface area (Å²) in [5.41, 5.74) is 0.981. The van der Waals surface area contributed by atoms with Crippen LogP contribution in [0, 0.1) is 0 Å². The van der Waals surface area contributed by atoms with E-state index in [4.69, 9.17) is 9.84 Å². The van der Waals surface area contributed by atoms with Crippen LogP contribution in [-0.2, 0) is 19.2 Å². The summed E-state index contributed by atoms with van der Waals surface area (Å²) in [6.07, 6.45) is 1.76. The van der Waals surface area contributed by atoms with Gasteiger partial charge in [-0.3, -0.25) is 14.4 Å². The molecule has 8 nitrogen and oxygen atoms in total. The van der Waals surface area contributed by atoms with Crippen molar-refractivity contribution in [2.75, 3.05) is 17.3 Å². The summed E-state index contributed by atoms with van der Waals surface area (Å²) in [5.74, 6) is -1.70. The molecule has 0 aliphatic carbocycles. The number of imide groups is 1. The molecule has 2 N–H and O–H groups in total. The van der Waals surface area contributed by atoms with E-state index < -0.39 is 17.1 Å². The van der Waals surface area contributed by atoms with E-state index >= 15 is 0 Å². The minimum Gasteiger partial charge on any atom is -0.497 e. The smallest absolute Gasteiger partial charge is 0.328 e. The molecule has 0 saturated carbocycles. The van der Waals surface area contributed by atoms with Crippen molar-refractivity contribution in [1.82, 2.24) is 0 Å². The van der Waals surface area contributed by atoms with Crippen LogP contribution in [0.1, 0.15) is 6.42 Å². The minimum absolute atomic E-state index is 0.0913. The zero-order valence-corrected chi connectivity index (χ0v) is 16.7. The molecule has 1 aliphatic heterocycles. The summed E-state index contributed by atoms with van der Waals surface area (Å²) in [6.45, 7) is 0. The van der Waals surface area contributed by atoms with Gasteiger partial charge < -0.3 is 15.2 Å². The van der Waals surface area contributed by atoms with Crippen LogP contribution < -0.4 is 15.0 Å². The Morgan fingerprint density at radius 1 is 1.10 bits per heavy atom. The van der Waals surface area contributed by atoms with Crippen molar-refractivity contribution in [2.24, 2.45) is 0 Å². The fourth-order valence-electron chi connectivity index (χ4n) is 2.81. The summed E-state index contributed by atoms with van der Waals surface area (Å²) in [6, 6.07) is 13.4. The summed E-state index contributed by atoms with van der Waals surface area (Å²) in [5, 5.41) is 10.5. The minimum atomic E-state index is -1.21. The van der Waals surface area contributed by atoms with Crippen LogP contribution in [0.25, 0.3) is 0 Å². The van der Waals surface area contributed by atoms with E-state index in [2.05, 4.69) is 5.32 Å². The lowest BCUT2D eigenvalue weighted by molar-refractivity contribution is -0.131. The number of methoxy groups -OCH3 is 1. The summed E-state index contributed by atoms with van der Waals surface area (Å²) < 4.78 is 5.09. The predicted molar refractivity (Wildman–Crippen MR) is 112 cm³/mol. The lowest BCUT2D eigenvalue weighted by Gasteiger charge is -2.15. The lowest BCUT2D eigenvalue weighted by atomic mass is 10.3. The van der Waals surface area contributed by atoms with E-state index in [1.54, 1.807) is 48.5 Å². The molecule has 1 atom stereocenters. The molecule has 3 amide bonds. The SMILES string of the molecule is COc1ccc(N2C(=O)C[C@H](Sc3ccc(NC(=O)/C=C/C(=O)O)cc3)C2=O)cc1. The number of benzene rings is 2. The van der Waals surface area contributed by atoms with Crippen molar-refractivity contribution in [2.45, 2.75) is 16.6 Å². The molecule has 0 aromatic heterocycles. The molecule has 1 heterocycles. The molecule has 1 fully saturated rings. The Hall–Kier alpha value is -3.59. The monoisotopic (exact) mass is 426 g/mol. The van der Waals surface area contributed by atoms with Crippen molar-refractivity contribution < 1.29 is 29.0 Å². The molecule has 30 heavy (non-hydrogen) atoms. The highest BCUT2D eigenvalue weighted by Crippen LogP contribution is 2.34. The van der Waals surface area contributed by atoms with Gasteiger partial charge in [-0.2, -0.15) is 0 Å². The van der Waals surface area contributed by atoms with Gasteiger partial charge in [0.05, 0.1) is 18.0 Å². The second kappa shape index (κ2) is 9.27. The topological polar surface area (TPSA) is 113 Å². The zero-order chi connectivity index (χ0) is 21.7. The van der Waals surface area contributed by atoms with Gasteiger partial charge in [0.25, 0.3) is 0 Å². The van der Waals surface area contributed by atoms with Gasteiger partial charge in [-0.15, -0.1) is 11.8 Å². The number of carbonyl (C=O) groups excluding carboxylic acids is 3. The fourth-order valence-corrected chi connectivity index (χ4v) is 3.86. The number of ether oxygens (including phenoxy) is 1. The Morgan fingerprint density at radius 3 is 2.37 bits per heavy atom. The molecule has 0 radical (unpaired) electrons. The average Bonchev–Trinajstić information content (AvgIpc) is 3.01. The molecule has 154 valence electrons. The van der Waals surface area contributed by atoms with E-state index in [9.17, 15) is 19.2 Å². The number of amides is 3. The number of hydrogen-bond donors (Lipinski definition) is 2. The van der Waals surface area contributed by atoms with Crippen molar-refractivity contribution in [3.63, 3.8) is 0 Å². The molecule has 0 unspecified atom stereocenters. The van der Waals surface area contributed by atoms with Gasteiger partial charge >= 0.3 is 5.97 Å². The van der Waals surface area contributed by atoms with E-state index in [0.29, 0.717) is 17.1 Å². The number of carboxylic acids is 1. The Labute approximate surface area is 176 Å². The molecule has 1 saturated heterocycles. The second-order valence-electron chi connectivity index (χ2n) is 6.26. The Balaban J connectivity index is 1.63. The third-order valence-corrected chi connectivity index (χ3v) is 5.41. The summed E-state index contributed by atoms with van der Waals surface area (Å²) in [7, 11) is 1.54. The third kappa shape index (κ3) is 5.06. The van der Waals surface area contributed by atoms with Gasteiger partial charge in [0, 0.05) is 29.2 Å². The normalized spacial score (nSPS) is 16.2. The first kappa shape index (κ1) is 21.1. The molecule has 3 rings (SSSR count). The van der Waals surface area contributed by atoms with Crippen LogP contribution in [-0.4, -0.2) is 41.2 Å². The first-order chi connectivity index (χ1) is 14.4. The van der Waals surface area contributed by atoms with Crippen LogP contribution in [0.3, 0.4) is 0 Å². The van der Waals surface area contributed by atoms with Gasteiger partial charge in [-0.25, -0.2) is 9.69 Å². The number of rotatable bonds is 7. The average molecular weight is 426 g/mol. The van der Waals surface area contributed by atoms with E-state index in [0.717, 1.165) is 17.0 Å². The number of nitrogens with one attached hydrogen (secondary N) is 1. The van der Waals surface area contributed by atoms with Crippen LogP contribution in [0.5, 0.6) is 5.75 Å². The Morgan fingerprint density at radius 2 is 1.77 bits per heavy atom. The molecular formula is C21H18N2O6S. The number of thioether (sulfide) groups is 1. The first-order valence-corrected chi connectivity index (χ1v) is 9.75. The van der Waals surface area contributed by atoms with Crippen molar-refractivity contribution in [1.29, 1.82) is 0 Å². The van der Waals surface area contributed by atoms with Gasteiger partial charge in [0.2, 0.25) is 17.7 Å². The molecule has 0 bridgehead atoms. The van der Waals surface area contributed by atoms with Gasteiger partial charge in [-0.1, -0.05) is 0 Å². The number of aliphatic carboxylic acids is 1. The zero-order valence-electron chi connectivity index (χ0n) is 15.9. The van der Waals surface area contributed by atoms with Crippen molar-refractivity contribution in [3.8, 4) is 5.75 Å². The molecule has 1 aliphatic rings. The number of nitrogens with zero attached hydrogens (tertiary/aromatic N) is 1. The largest absolute Gasteiger partial charge is 0.497 e. The third-order valence-electron chi connectivity index (χ3n) is 4.21. The molecule has 9 heteroatoms. The number of hydrogen-bond acceptors (Lipinski definition) is 6. The molecule has 2 aromatic carbocycles. The summed E-state index contributed by atoms with van der Waals surface area (Å²) in [4.78, 5) is 49.1. The van der Waals surface area contributed by atoms with Crippen molar-refractivity contribution in [3.05, 3.63) is 60.7 Å². The Bertz CT molecular complexity index is 1000. The standard InChI is InChI=1S/C21H18N2O6S/c1-29-15-6-4-14(5-7-15)23-19(25)12-17(21(23)28)30-16-8-2-13(3-9-16)22-18(24)10-11-20(26)27/h2-11,17H,12H2,1H3,(H,22,24)(H,26,27)/b11-10+/t17-/m0/s1. The highest BCUT2D eigenvalue weighted by atomic mass is 32.2. The van der Waals surface area contributed by atoms with E-state index in [1.165, 1.54) is 23.8 Å². The highest BCUT2D eigenvalue weighted by Gasteiger charge is 2.40. The fraction of sp³-hybridized carbons (Fsp3) is 0.143. The maximum atomic E-state index is 12.8. The predicted octanol–water partition coefficient (Wildman–Crippen LogP) is 2.70. The summed E-state index contributed by atoms with van der Waals surface area (Å²) >= 11 is 1.27. The maximum Gasteiger partial charge on any atom is 0.328 e. The molecule has 0 spiro atoms. The maximum absolute atomic E-state index is 12.8. The van der Waals surface area contributed by atoms with Crippen LogP contribution >= 0.6 is 11.8 Å². The van der Waals surface area contributed by atoms with Gasteiger partial charge in [0.1, 0.15) is 5.75 Å². The number of carbonyl (C=O) groups is 4. The molecular weight excluding hydrogens is 408 g/mol. The van der Waals surface area contributed by atoms with Crippen molar-refractivity contribution >= 4 is 46.8 Å². The van der Waals surface area contributed by atoms with Gasteiger partial charge in [-0.05, 0) is 48.5 Å².